The molecule has 0 saturated carbocycles. The van der Waals surface area contributed by atoms with E-state index in [1.54, 1.807) is 11.8 Å². The Morgan fingerprint density at radius 2 is 1.49 bits per heavy atom. The molecular weight excluding hydrogens is 592 g/mol. The van der Waals surface area contributed by atoms with Gasteiger partial charge in [-0.15, -0.1) is 0 Å². The Morgan fingerprint density at radius 3 is 2.14 bits per heavy atom. The molecule has 0 aliphatic carbocycles. The predicted octanol–water partition coefficient (Wildman–Crippen LogP) is 5.42. The van der Waals surface area contributed by atoms with Crippen molar-refractivity contribution < 1.29 is 34.4 Å². The maximum absolute atomic E-state index is 11.1. The molecule has 9 nitrogen and oxygen atoms in total. The first-order chi connectivity index (χ1) is 20.7. The lowest BCUT2D eigenvalue weighted by atomic mass is 10.1. The largest absolute Gasteiger partial charge is 0.494 e. The van der Waals surface area contributed by atoms with E-state index in [1.165, 1.54) is 5.56 Å². The Bertz CT molecular complexity index is 1360. The standard InChI is InChI=1S/C28H31ClN2O3S.C4H4O4/c29-24-11-9-22(10-12-24)21-31-16-14-30(15-17-31)13-4-18-34-25-6-3-7-26(20-25)35-27-8-2-1-5-23(27)19-28(32)33;5-3(6)1-2-4(7)8/h1-3,5-12,20H,4,13-19,21H2,(H,32,33);1-2H,(H,5,6)(H,7,8)/b;2-1-. The summed E-state index contributed by atoms with van der Waals surface area (Å²) in [7, 11) is 0. The molecular formula is C32H35ClN2O7S. The summed E-state index contributed by atoms with van der Waals surface area (Å²) in [4.78, 5) is 37.3. The van der Waals surface area contributed by atoms with Gasteiger partial charge in [-0.05, 0) is 53.9 Å². The minimum atomic E-state index is -1.26. The summed E-state index contributed by atoms with van der Waals surface area (Å²) in [6.07, 6.45) is 2.12. The van der Waals surface area contributed by atoms with E-state index in [2.05, 4.69) is 21.9 Å². The van der Waals surface area contributed by atoms with Gasteiger partial charge in [0.25, 0.3) is 0 Å². The van der Waals surface area contributed by atoms with Crippen molar-refractivity contribution in [3.63, 3.8) is 0 Å². The molecule has 0 amide bonds. The maximum Gasteiger partial charge on any atom is 0.328 e. The van der Waals surface area contributed by atoms with Crippen LogP contribution in [0.25, 0.3) is 0 Å². The van der Waals surface area contributed by atoms with Crippen molar-refractivity contribution in [1.29, 1.82) is 0 Å². The molecule has 0 atom stereocenters. The van der Waals surface area contributed by atoms with Gasteiger partial charge in [-0.25, -0.2) is 9.59 Å². The normalized spacial score (nSPS) is 13.7. The average Bonchev–Trinajstić information content (AvgIpc) is 2.98. The minimum Gasteiger partial charge on any atom is -0.494 e. The summed E-state index contributed by atoms with van der Waals surface area (Å²) >= 11 is 7.56. The molecule has 0 radical (unpaired) electrons. The van der Waals surface area contributed by atoms with Crippen LogP contribution in [-0.4, -0.2) is 82.4 Å². The number of carbonyl (C=O) groups is 3. The van der Waals surface area contributed by atoms with Crippen LogP contribution in [0.1, 0.15) is 17.5 Å². The zero-order chi connectivity index (χ0) is 31.0. The summed E-state index contributed by atoms with van der Waals surface area (Å²) in [5.74, 6) is -2.49. The van der Waals surface area contributed by atoms with Crippen LogP contribution in [0.3, 0.4) is 0 Å². The summed E-state index contributed by atoms with van der Waals surface area (Å²) in [6, 6.07) is 23.8. The van der Waals surface area contributed by atoms with Gasteiger partial charge < -0.3 is 25.0 Å². The van der Waals surface area contributed by atoms with Crippen LogP contribution in [0, 0.1) is 0 Å². The second kappa shape index (κ2) is 18.0. The number of halogens is 1. The fourth-order valence-corrected chi connectivity index (χ4v) is 5.43. The Morgan fingerprint density at radius 1 is 0.837 bits per heavy atom. The van der Waals surface area contributed by atoms with Gasteiger partial charge in [-0.3, -0.25) is 9.69 Å². The van der Waals surface area contributed by atoms with Gasteiger partial charge in [0.1, 0.15) is 5.75 Å². The number of hydrogen-bond donors (Lipinski definition) is 3. The van der Waals surface area contributed by atoms with E-state index in [0.29, 0.717) is 18.8 Å². The number of piperazine rings is 1. The highest BCUT2D eigenvalue weighted by atomic mass is 35.5. The number of rotatable bonds is 13. The second-order valence-corrected chi connectivity index (χ2v) is 11.3. The van der Waals surface area contributed by atoms with E-state index in [0.717, 1.165) is 71.8 Å². The third-order valence-corrected chi connectivity index (χ3v) is 7.75. The molecule has 1 aliphatic rings. The number of aliphatic carboxylic acids is 3. The summed E-state index contributed by atoms with van der Waals surface area (Å²) in [5, 5.41) is 25.6. The van der Waals surface area contributed by atoms with Gasteiger partial charge in [0, 0.05) is 66.2 Å². The third kappa shape index (κ3) is 13.3. The first-order valence-electron chi connectivity index (χ1n) is 13.7. The molecule has 3 N–H and O–H groups in total. The van der Waals surface area contributed by atoms with Gasteiger partial charge >= 0.3 is 17.9 Å². The quantitative estimate of drug-likeness (QED) is 0.167. The number of carboxylic acid groups (broad SMARTS) is 3. The molecule has 3 aromatic carbocycles. The zero-order valence-electron chi connectivity index (χ0n) is 23.6. The van der Waals surface area contributed by atoms with Crippen molar-refractivity contribution in [2.45, 2.75) is 29.2 Å². The van der Waals surface area contributed by atoms with Crippen molar-refractivity contribution in [3.8, 4) is 5.75 Å². The van der Waals surface area contributed by atoms with E-state index in [1.807, 2.05) is 60.7 Å². The molecule has 43 heavy (non-hydrogen) atoms. The molecule has 228 valence electrons. The fourth-order valence-electron chi connectivity index (χ4n) is 4.31. The molecule has 11 heteroatoms. The highest BCUT2D eigenvalue weighted by Gasteiger charge is 2.16. The van der Waals surface area contributed by atoms with Gasteiger partial charge in [-0.2, -0.15) is 0 Å². The van der Waals surface area contributed by atoms with Crippen molar-refractivity contribution in [3.05, 3.63) is 101 Å². The first kappa shape index (κ1) is 33.7. The van der Waals surface area contributed by atoms with Crippen LogP contribution in [0.15, 0.2) is 94.7 Å². The molecule has 1 heterocycles. The summed E-state index contributed by atoms with van der Waals surface area (Å²) in [5.41, 5.74) is 2.13. The van der Waals surface area contributed by atoms with E-state index in [4.69, 9.17) is 31.7 Å². The number of ether oxygens (including phenoxy) is 1. The molecule has 3 aromatic rings. The Labute approximate surface area is 260 Å². The SMILES string of the molecule is O=C(O)/C=C\C(=O)O.O=C(O)Cc1ccccc1Sc1cccc(OCCCN2CCN(Cc3ccc(Cl)cc3)CC2)c1. The number of hydrogen-bond acceptors (Lipinski definition) is 7. The fraction of sp³-hybridized carbons (Fsp3) is 0.281. The van der Waals surface area contributed by atoms with Crippen LogP contribution in [0.4, 0.5) is 0 Å². The van der Waals surface area contributed by atoms with E-state index in [-0.39, 0.29) is 6.42 Å². The maximum atomic E-state index is 11.1. The average molecular weight is 627 g/mol. The smallest absolute Gasteiger partial charge is 0.328 e. The van der Waals surface area contributed by atoms with Crippen molar-refractivity contribution in [2.75, 3.05) is 39.3 Å². The summed E-state index contributed by atoms with van der Waals surface area (Å²) in [6.45, 7) is 6.99. The molecule has 0 aromatic heterocycles. The molecule has 4 rings (SSSR count). The van der Waals surface area contributed by atoms with Crippen LogP contribution >= 0.6 is 23.4 Å². The highest BCUT2D eigenvalue weighted by Crippen LogP contribution is 2.32. The molecule has 1 fully saturated rings. The number of nitrogens with zero attached hydrogens (tertiary/aromatic N) is 2. The topological polar surface area (TPSA) is 128 Å². The van der Waals surface area contributed by atoms with Gasteiger partial charge in [0.05, 0.1) is 13.0 Å². The zero-order valence-corrected chi connectivity index (χ0v) is 25.2. The Balaban J connectivity index is 0.000000557. The highest BCUT2D eigenvalue weighted by molar-refractivity contribution is 7.99. The van der Waals surface area contributed by atoms with Gasteiger partial charge in [-0.1, -0.05) is 59.8 Å². The van der Waals surface area contributed by atoms with Gasteiger partial charge in [0.2, 0.25) is 0 Å². The van der Waals surface area contributed by atoms with Crippen LogP contribution in [0.5, 0.6) is 5.75 Å². The van der Waals surface area contributed by atoms with E-state index >= 15 is 0 Å². The third-order valence-electron chi connectivity index (χ3n) is 6.39. The molecule has 0 unspecified atom stereocenters. The molecule has 0 bridgehead atoms. The predicted molar refractivity (Wildman–Crippen MR) is 166 cm³/mol. The Kier molecular flexibility index (Phi) is 14.1. The number of benzene rings is 3. The molecule has 1 saturated heterocycles. The van der Waals surface area contributed by atoms with Gasteiger partial charge in [0.15, 0.2) is 0 Å². The Hall–Kier alpha value is -3.83. The molecule has 1 aliphatic heterocycles. The van der Waals surface area contributed by atoms with Crippen LogP contribution < -0.4 is 4.74 Å². The second-order valence-electron chi connectivity index (χ2n) is 9.71. The van der Waals surface area contributed by atoms with E-state index < -0.39 is 17.9 Å². The lowest BCUT2D eigenvalue weighted by molar-refractivity contribution is -0.136. The van der Waals surface area contributed by atoms with Crippen LogP contribution in [0.2, 0.25) is 5.02 Å². The van der Waals surface area contributed by atoms with Crippen molar-refractivity contribution >= 4 is 41.3 Å². The van der Waals surface area contributed by atoms with Crippen LogP contribution in [-0.2, 0) is 27.3 Å². The first-order valence-corrected chi connectivity index (χ1v) is 14.9. The van der Waals surface area contributed by atoms with Crippen molar-refractivity contribution in [1.82, 2.24) is 9.80 Å². The summed E-state index contributed by atoms with van der Waals surface area (Å²) < 4.78 is 6.02. The van der Waals surface area contributed by atoms with E-state index in [9.17, 15) is 14.4 Å². The lowest BCUT2D eigenvalue weighted by Crippen LogP contribution is -2.46. The number of carboxylic acids is 3. The lowest BCUT2D eigenvalue weighted by Gasteiger charge is -2.34. The van der Waals surface area contributed by atoms with Crippen molar-refractivity contribution in [2.24, 2.45) is 0 Å². The monoisotopic (exact) mass is 626 g/mol. The molecule has 0 spiro atoms. The minimum absolute atomic E-state index is 0.0226.